The van der Waals surface area contributed by atoms with Crippen LogP contribution in [-0.2, 0) is 29.7 Å². The van der Waals surface area contributed by atoms with Crippen LogP contribution in [0.4, 0.5) is 0 Å². The van der Waals surface area contributed by atoms with Crippen molar-refractivity contribution >= 4 is 27.0 Å². The quantitative estimate of drug-likeness (QED) is 0.812. The minimum Gasteiger partial charge on any atom is -0.293 e. The third-order valence-electron chi connectivity index (χ3n) is 3.78. The van der Waals surface area contributed by atoms with E-state index in [2.05, 4.69) is 5.10 Å². The number of carbonyl (C=O) groups excluding carboxylic acids is 1. The number of sulfone groups is 1. The van der Waals surface area contributed by atoms with Crippen LogP contribution in [-0.4, -0.2) is 30.2 Å². The maximum atomic E-state index is 12.2. The van der Waals surface area contributed by atoms with Gasteiger partial charge in [0.1, 0.15) is 4.21 Å². The molecule has 2 heterocycles. The number of rotatable bonds is 3. The van der Waals surface area contributed by atoms with E-state index in [1.165, 1.54) is 6.26 Å². The lowest BCUT2D eigenvalue weighted by atomic mass is 9.91. The van der Waals surface area contributed by atoms with Crippen LogP contribution in [0.15, 0.2) is 10.4 Å². The molecule has 0 spiro atoms. The van der Waals surface area contributed by atoms with E-state index >= 15 is 0 Å². The molecule has 1 aliphatic rings. The zero-order valence-electron chi connectivity index (χ0n) is 12.1. The van der Waals surface area contributed by atoms with Crippen molar-refractivity contribution in [1.29, 1.82) is 0 Å². The predicted molar refractivity (Wildman–Crippen MR) is 81.7 cm³/mol. The van der Waals surface area contributed by atoms with Gasteiger partial charge in [-0.3, -0.25) is 9.48 Å². The van der Waals surface area contributed by atoms with Gasteiger partial charge in [-0.2, -0.15) is 5.10 Å². The minimum absolute atomic E-state index is 0.0109. The molecule has 0 bridgehead atoms. The lowest BCUT2D eigenvalue weighted by Crippen LogP contribution is -2.09. The highest BCUT2D eigenvalue weighted by Crippen LogP contribution is 2.44. The van der Waals surface area contributed by atoms with Crippen molar-refractivity contribution in [3.63, 3.8) is 0 Å². The van der Waals surface area contributed by atoms with Crippen molar-refractivity contribution in [2.45, 2.75) is 30.4 Å². The van der Waals surface area contributed by atoms with E-state index < -0.39 is 9.84 Å². The summed E-state index contributed by atoms with van der Waals surface area (Å²) in [4.78, 5) is 12.8. The summed E-state index contributed by atoms with van der Waals surface area (Å²) in [5.74, 6) is 0.0109. The second kappa shape index (κ2) is 4.78. The molecule has 21 heavy (non-hydrogen) atoms. The highest BCUT2D eigenvalue weighted by atomic mass is 32.2. The van der Waals surface area contributed by atoms with Crippen molar-refractivity contribution in [1.82, 2.24) is 9.78 Å². The fourth-order valence-corrected chi connectivity index (χ4v) is 5.35. The fourth-order valence-electron chi connectivity index (χ4n) is 2.82. The van der Waals surface area contributed by atoms with E-state index in [1.807, 2.05) is 0 Å². The molecular formula is C14H16N2O3S2. The number of aryl methyl sites for hydroxylation is 2. The maximum absolute atomic E-state index is 12.2. The Kier molecular flexibility index (Phi) is 3.29. The Hall–Kier alpha value is -1.47. The molecule has 0 saturated heterocycles. The Balaban J connectivity index is 2.39. The zero-order valence-corrected chi connectivity index (χ0v) is 13.8. The smallest absolute Gasteiger partial charge is 0.185 e. The molecule has 0 aromatic carbocycles. The van der Waals surface area contributed by atoms with E-state index in [1.54, 1.807) is 24.9 Å². The van der Waals surface area contributed by atoms with Gasteiger partial charge in [-0.1, -0.05) is 6.92 Å². The number of ketones is 1. The number of fused-ring (bicyclic) bond motifs is 3. The van der Waals surface area contributed by atoms with Crippen LogP contribution in [0.1, 0.15) is 34.1 Å². The number of Topliss-reactive ketones (excluding diaryl/α,β-unsaturated/α-hetero) is 1. The molecule has 0 N–H and O–H groups in total. The Morgan fingerprint density at radius 3 is 2.76 bits per heavy atom. The number of hydrogen-bond donors (Lipinski definition) is 0. The van der Waals surface area contributed by atoms with Crippen molar-refractivity contribution < 1.29 is 13.2 Å². The number of hydrogen-bond acceptors (Lipinski definition) is 5. The molecule has 0 fully saturated rings. The molecule has 7 heteroatoms. The molecule has 0 amide bonds. The molecule has 0 saturated carbocycles. The van der Waals surface area contributed by atoms with Crippen LogP contribution in [0.25, 0.3) is 11.3 Å². The molecular weight excluding hydrogens is 308 g/mol. The maximum Gasteiger partial charge on any atom is 0.185 e. The summed E-state index contributed by atoms with van der Waals surface area (Å²) in [5.41, 5.74) is 3.45. The van der Waals surface area contributed by atoms with Gasteiger partial charge in [0.25, 0.3) is 0 Å². The largest absolute Gasteiger partial charge is 0.293 e. The summed E-state index contributed by atoms with van der Waals surface area (Å²) < 4.78 is 26.3. The SMILES string of the molecule is CCC(=O)c1sc(S(C)(=O)=O)c2c1CCc1cnn(C)c1-2. The zero-order chi connectivity index (χ0) is 15.4. The molecule has 112 valence electrons. The summed E-state index contributed by atoms with van der Waals surface area (Å²) in [5, 5.41) is 4.24. The third-order valence-corrected chi connectivity index (χ3v) is 6.89. The summed E-state index contributed by atoms with van der Waals surface area (Å²) in [6, 6.07) is 0. The van der Waals surface area contributed by atoms with Gasteiger partial charge in [0.05, 0.1) is 16.8 Å². The van der Waals surface area contributed by atoms with Crippen molar-refractivity contribution in [2.24, 2.45) is 7.05 Å². The monoisotopic (exact) mass is 324 g/mol. The van der Waals surface area contributed by atoms with E-state index in [0.29, 0.717) is 27.5 Å². The Morgan fingerprint density at radius 1 is 1.43 bits per heavy atom. The second-order valence-electron chi connectivity index (χ2n) is 5.26. The number of nitrogens with zero attached hydrogens (tertiary/aromatic N) is 2. The highest BCUT2D eigenvalue weighted by Gasteiger charge is 2.33. The first-order valence-electron chi connectivity index (χ1n) is 6.74. The van der Waals surface area contributed by atoms with E-state index in [4.69, 9.17) is 0 Å². The summed E-state index contributed by atoms with van der Waals surface area (Å²) in [6.45, 7) is 1.80. The fraction of sp³-hybridized carbons (Fsp3) is 0.429. The first-order valence-corrected chi connectivity index (χ1v) is 9.45. The van der Waals surface area contributed by atoms with Crippen molar-refractivity contribution in [3.05, 3.63) is 22.2 Å². The predicted octanol–water partition coefficient (Wildman–Crippen LogP) is 2.24. The average molecular weight is 324 g/mol. The van der Waals surface area contributed by atoms with E-state index in [-0.39, 0.29) is 5.78 Å². The standard InChI is InChI=1S/C14H16N2O3S2/c1-4-10(17)13-9-6-5-8-7-15-16(2)12(8)11(9)14(20-13)21(3,18)19/h7H,4-6H2,1-3H3. The molecule has 2 aromatic rings. The van der Waals surface area contributed by atoms with Crippen LogP contribution in [0, 0.1) is 0 Å². The molecule has 5 nitrogen and oxygen atoms in total. The van der Waals surface area contributed by atoms with Gasteiger partial charge >= 0.3 is 0 Å². The van der Waals surface area contributed by atoms with Crippen LogP contribution in [0.5, 0.6) is 0 Å². The lowest BCUT2D eigenvalue weighted by Gasteiger charge is -2.15. The summed E-state index contributed by atoms with van der Waals surface area (Å²) >= 11 is 1.11. The van der Waals surface area contributed by atoms with E-state index in [9.17, 15) is 13.2 Å². The van der Waals surface area contributed by atoms with Gasteiger partial charge in [0, 0.05) is 25.3 Å². The molecule has 0 radical (unpaired) electrons. The Bertz CT molecular complexity index is 844. The second-order valence-corrected chi connectivity index (χ2v) is 8.49. The third kappa shape index (κ3) is 2.15. The normalized spacial score (nSPS) is 13.9. The molecule has 1 aliphatic carbocycles. The first-order chi connectivity index (χ1) is 9.84. The Labute approximate surface area is 127 Å². The van der Waals surface area contributed by atoms with Crippen molar-refractivity contribution in [3.8, 4) is 11.3 Å². The molecule has 3 rings (SSSR count). The van der Waals surface area contributed by atoms with Gasteiger partial charge in [-0.15, -0.1) is 11.3 Å². The number of aromatic nitrogens is 2. The van der Waals surface area contributed by atoms with Gasteiger partial charge < -0.3 is 0 Å². The molecule has 0 unspecified atom stereocenters. The molecule has 0 aliphatic heterocycles. The molecule has 2 aromatic heterocycles. The van der Waals surface area contributed by atoms with Gasteiger partial charge in [0.15, 0.2) is 15.6 Å². The minimum atomic E-state index is -3.38. The first kappa shape index (κ1) is 14.5. The highest BCUT2D eigenvalue weighted by molar-refractivity contribution is 7.93. The summed E-state index contributed by atoms with van der Waals surface area (Å²) in [6.07, 6.45) is 4.85. The van der Waals surface area contributed by atoms with Crippen molar-refractivity contribution in [2.75, 3.05) is 6.26 Å². The molecule has 0 atom stereocenters. The lowest BCUT2D eigenvalue weighted by molar-refractivity contribution is 0.0991. The topological polar surface area (TPSA) is 69.0 Å². The number of carbonyl (C=O) groups is 1. The van der Waals surface area contributed by atoms with Gasteiger partial charge in [-0.05, 0) is 24.0 Å². The van der Waals surface area contributed by atoms with Gasteiger partial charge in [0.2, 0.25) is 0 Å². The summed E-state index contributed by atoms with van der Waals surface area (Å²) in [7, 11) is -1.57. The Morgan fingerprint density at radius 2 is 2.14 bits per heavy atom. The number of thiophene rings is 1. The van der Waals surface area contributed by atoms with Crippen LogP contribution in [0.3, 0.4) is 0 Å². The van der Waals surface area contributed by atoms with Gasteiger partial charge in [-0.25, -0.2) is 8.42 Å². The van der Waals surface area contributed by atoms with Crippen LogP contribution in [0.2, 0.25) is 0 Å². The van der Waals surface area contributed by atoms with E-state index in [0.717, 1.165) is 34.6 Å². The average Bonchev–Trinajstić information content (AvgIpc) is 2.98. The van der Waals surface area contributed by atoms with Crippen LogP contribution >= 0.6 is 11.3 Å². The van der Waals surface area contributed by atoms with Crippen LogP contribution < -0.4 is 0 Å².